The fourth-order valence-electron chi connectivity index (χ4n) is 7.42. The van der Waals surface area contributed by atoms with Gasteiger partial charge in [0.2, 0.25) is 0 Å². The van der Waals surface area contributed by atoms with E-state index >= 15 is 0 Å². The molecule has 0 aliphatic carbocycles. The Morgan fingerprint density at radius 3 is 2.02 bits per heavy atom. The summed E-state index contributed by atoms with van der Waals surface area (Å²) in [6, 6.07) is 59.1. The second kappa shape index (κ2) is 9.69. The van der Waals surface area contributed by atoms with Crippen molar-refractivity contribution in [3.63, 3.8) is 0 Å². The molecular formula is C44H27NO. The molecule has 10 rings (SSSR count). The smallest absolute Gasteiger partial charge is 0.135 e. The molecule has 0 radical (unpaired) electrons. The standard InChI is InChI=1S/C44H27NO/c1-2-9-33(10-3-1)45-40-15-6-4-11-35(40)39-26-31-22-21-30(25-32(31)27-41(39)45)28-17-19-29(20-18-28)34-23-24-43-44-37(34)13-8-14-38(44)36-12-5-7-16-42(36)46-43/h1-27H. The first-order chi connectivity index (χ1) is 22.8. The molecule has 2 heteroatoms. The van der Waals surface area contributed by atoms with Crippen molar-refractivity contribution >= 4 is 43.4 Å². The van der Waals surface area contributed by atoms with Crippen molar-refractivity contribution < 1.29 is 4.74 Å². The quantitative estimate of drug-likeness (QED) is 0.201. The molecule has 0 spiro atoms. The van der Waals surface area contributed by atoms with E-state index in [2.05, 4.69) is 156 Å². The molecule has 1 aliphatic heterocycles. The van der Waals surface area contributed by atoms with Crippen LogP contribution in [0.4, 0.5) is 0 Å². The zero-order valence-electron chi connectivity index (χ0n) is 24.9. The summed E-state index contributed by atoms with van der Waals surface area (Å²) in [4.78, 5) is 0. The predicted molar refractivity (Wildman–Crippen MR) is 192 cm³/mol. The minimum absolute atomic E-state index is 0.914. The molecule has 2 nitrogen and oxygen atoms in total. The second-order valence-corrected chi connectivity index (χ2v) is 12.1. The van der Waals surface area contributed by atoms with Gasteiger partial charge < -0.3 is 9.30 Å². The van der Waals surface area contributed by atoms with Crippen LogP contribution in [0.25, 0.3) is 82.4 Å². The van der Waals surface area contributed by atoms with Crippen LogP contribution in [-0.2, 0) is 0 Å². The Morgan fingerprint density at radius 1 is 0.370 bits per heavy atom. The summed E-state index contributed by atoms with van der Waals surface area (Å²) in [7, 11) is 0. The van der Waals surface area contributed by atoms with Crippen molar-refractivity contribution in [1.82, 2.24) is 4.57 Å². The third-order valence-corrected chi connectivity index (χ3v) is 9.57. The highest BCUT2D eigenvalue weighted by atomic mass is 16.5. The van der Waals surface area contributed by atoms with Crippen LogP contribution in [0, 0.1) is 0 Å². The number of ether oxygens (including phenoxy) is 1. The minimum Gasteiger partial charge on any atom is -0.456 e. The molecule has 2 heterocycles. The molecule has 0 amide bonds. The molecule has 8 aromatic carbocycles. The van der Waals surface area contributed by atoms with Crippen LogP contribution in [0.15, 0.2) is 164 Å². The van der Waals surface area contributed by atoms with Gasteiger partial charge in [-0.3, -0.25) is 0 Å². The molecule has 1 aromatic heterocycles. The topological polar surface area (TPSA) is 14.2 Å². The number of hydrogen-bond acceptors (Lipinski definition) is 1. The van der Waals surface area contributed by atoms with E-state index in [9.17, 15) is 0 Å². The van der Waals surface area contributed by atoms with Crippen LogP contribution in [0.3, 0.4) is 0 Å². The van der Waals surface area contributed by atoms with Crippen LogP contribution in [0.2, 0.25) is 0 Å². The van der Waals surface area contributed by atoms with Crippen LogP contribution in [0.5, 0.6) is 11.5 Å². The van der Waals surface area contributed by atoms with Crippen LogP contribution >= 0.6 is 0 Å². The number of nitrogens with zero attached hydrogens (tertiary/aromatic N) is 1. The van der Waals surface area contributed by atoms with Crippen molar-refractivity contribution in [2.75, 3.05) is 0 Å². The van der Waals surface area contributed by atoms with Gasteiger partial charge in [-0.15, -0.1) is 0 Å². The first-order valence-electron chi connectivity index (χ1n) is 15.8. The Bertz CT molecular complexity index is 2650. The molecule has 46 heavy (non-hydrogen) atoms. The molecule has 0 saturated heterocycles. The Hall–Kier alpha value is -6.12. The number of benzene rings is 8. The average molecular weight is 586 g/mol. The molecule has 214 valence electrons. The largest absolute Gasteiger partial charge is 0.456 e. The number of aromatic nitrogens is 1. The Labute approximate surface area is 266 Å². The molecule has 0 bridgehead atoms. The van der Waals surface area contributed by atoms with Gasteiger partial charge in [-0.2, -0.15) is 0 Å². The van der Waals surface area contributed by atoms with E-state index in [4.69, 9.17) is 4.74 Å². The second-order valence-electron chi connectivity index (χ2n) is 12.1. The predicted octanol–water partition coefficient (Wildman–Crippen LogP) is 12.2. The molecule has 0 N–H and O–H groups in total. The number of para-hydroxylation sites is 3. The van der Waals surface area contributed by atoms with Crippen molar-refractivity contribution in [1.29, 1.82) is 0 Å². The lowest BCUT2D eigenvalue weighted by molar-refractivity contribution is 0.487. The Kier molecular flexibility index (Phi) is 5.31. The highest BCUT2D eigenvalue weighted by molar-refractivity contribution is 6.14. The Morgan fingerprint density at radius 2 is 1.11 bits per heavy atom. The molecule has 0 atom stereocenters. The van der Waals surface area contributed by atoms with E-state index in [0.29, 0.717) is 0 Å². The normalized spacial score (nSPS) is 12.1. The summed E-state index contributed by atoms with van der Waals surface area (Å²) in [5, 5.41) is 7.42. The minimum atomic E-state index is 0.914. The zero-order chi connectivity index (χ0) is 30.2. The van der Waals surface area contributed by atoms with Crippen molar-refractivity contribution in [2.45, 2.75) is 0 Å². The number of rotatable bonds is 3. The summed E-state index contributed by atoms with van der Waals surface area (Å²) in [6.07, 6.45) is 0. The van der Waals surface area contributed by atoms with Crippen LogP contribution in [0.1, 0.15) is 0 Å². The van der Waals surface area contributed by atoms with Gasteiger partial charge >= 0.3 is 0 Å². The SMILES string of the molecule is c1ccc(-n2c3ccccc3c3cc4ccc(-c5ccc(-c6ccc7c8c(cccc68)-c6ccccc6O7)cc5)cc4cc32)cc1. The van der Waals surface area contributed by atoms with Crippen LogP contribution < -0.4 is 4.74 Å². The molecule has 0 fully saturated rings. The average Bonchev–Trinajstić information content (AvgIpc) is 3.44. The third kappa shape index (κ3) is 3.71. The van der Waals surface area contributed by atoms with Gasteiger partial charge in [-0.1, -0.05) is 115 Å². The van der Waals surface area contributed by atoms with Gasteiger partial charge in [0.25, 0.3) is 0 Å². The van der Waals surface area contributed by atoms with Crippen molar-refractivity contribution in [3.8, 4) is 50.6 Å². The fourth-order valence-corrected chi connectivity index (χ4v) is 7.42. The Balaban J connectivity index is 1.07. The summed E-state index contributed by atoms with van der Waals surface area (Å²) >= 11 is 0. The first-order valence-corrected chi connectivity index (χ1v) is 15.8. The summed E-state index contributed by atoms with van der Waals surface area (Å²) in [6.45, 7) is 0. The monoisotopic (exact) mass is 585 g/mol. The van der Waals surface area contributed by atoms with Crippen molar-refractivity contribution in [3.05, 3.63) is 164 Å². The lowest BCUT2D eigenvalue weighted by atomic mass is 9.90. The number of fused-ring (bicyclic) bond motifs is 6. The maximum absolute atomic E-state index is 6.33. The van der Waals surface area contributed by atoms with Crippen molar-refractivity contribution in [2.24, 2.45) is 0 Å². The maximum Gasteiger partial charge on any atom is 0.135 e. The molecule has 0 saturated carbocycles. The van der Waals surface area contributed by atoms with E-state index < -0.39 is 0 Å². The molecular weight excluding hydrogens is 558 g/mol. The fraction of sp³-hybridized carbons (Fsp3) is 0. The summed E-state index contributed by atoms with van der Waals surface area (Å²) < 4.78 is 8.71. The van der Waals surface area contributed by atoms with Gasteiger partial charge in [-0.05, 0) is 92.5 Å². The van der Waals surface area contributed by atoms with E-state index in [1.54, 1.807) is 0 Å². The van der Waals surface area contributed by atoms with Gasteiger partial charge in [0, 0.05) is 27.4 Å². The summed E-state index contributed by atoms with van der Waals surface area (Å²) in [5.74, 6) is 1.83. The van der Waals surface area contributed by atoms with E-state index in [-0.39, 0.29) is 0 Å². The molecule has 1 aliphatic rings. The van der Waals surface area contributed by atoms with E-state index in [1.807, 2.05) is 12.1 Å². The lowest BCUT2D eigenvalue weighted by Crippen LogP contribution is -1.97. The third-order valence-electron chi connectivity index (χ3n) is 9.57. The van der Waals surface area contributed by atoms with Gasteiger partial charge in [0.15, 0.2) is 0 Å². The lowest BCUT2D eigenvalue weighted by Gasteiger charge is -2.22. The molecule has 9 aromatic rings. The van der Waals surface area contributed by atoms with Gasteiger partial charge in [-0.25, -0.2) is 0 Å². The summed E-state index contributed by atoms with van der Waals surface area (Å²) in [5.41, 5.74) is 10.8. The van der Waals surface area contributed by atoms with Gasteiger partial charge in [0.05, 0.1) is 11.0 Å². The van der Waals surface area contributed by atoms with E-state index in [0.717, 1.165) is 17.1 Å². The highest BCUT2D eigenvalue weighted by Gasteiger charge is 2.21. The van der Waals surface area contributed by atoms with Gasteiger partial charge in [0.1, 0.15) is 11.5 Å². The van der Waals surface area contributed by atoms with Crippen LogP contribution in [-0.4, -0.2) is 4.57 Å². The highest BCUT2D eigenvalue weighted by Crippen LogP contribution is 2.48. The van der Waals surface area contributed by atoms with E-state index in [1.165, 1.54) is 76.9 Å². The number of hydrogen-bond donors (Lipinski definition) is 0. The first kappa shape index (κ1) is 25.2. The maximum atomic E-state index is 6.33. The zero-order valence-corrected chi connectivity index (χ0v) is 24.9. The molecule has 0 unspecified atom stereocenters.